The van der Waals surface area contributed by atoms with Crippen molar-refractivity contribution in [3.8, 4) is 0 Å². The standard InChI is InChI=1S/C26H30N6O3S/c1-18-14-20-15-21(7-8-22(20)35-18)29-25(30-26-27-9-13-36-26)28-16-19-6-2-3-12-32(24(19)34)17-23(33)31-10-4-5-11-31/h7-9,13-16,19H,2-6,10-12,17H2,1H3,(H,27,29,30)/b28-16-. The lowest BCUT2D eigenvalue weighted by Crippen LogP contribution is -2.44. The van der Waals surface area contributed by atoms with Crippen LogP contribution in [-0.2, 0) is 9.59 Å². The van der Waals surface area contributed by atoms with Crippen LogP contribution in [0, 0.1) is 12.8 Å². The van der Waals surface area contributed by atoms with Crippen LogP contribution >= 0.6 is 11.3 Å². The summed E-state index contributed by atoms with van der Waals surface area (Å²) in [5, 5.41) is 6.66. The predicted molar refractivity (Wildman–Crippen MR) is 142 cm³/mol. The number of aliphatic imine (C=N–C) groups is 2. The van der Waals surface area contributed by atoms with Crippen molar-refractivity contribution in [2.24, 2.45) is 15.9 Å². The second-order valence-corrected chi connectivity index (χ2v) is 10.1. The fourth-order valence-corrected chi connectivity index (χ4v) is 5.16. The van der Waals surface area contributed by atoms with Crippen molar-refractivity contribution in [2.45, 2.75) is 39.0 Å². The van der Waals surface area contributed by atoms with Gasteiger partial charge in [0.25, 0.3) is 0 Å². The summed E-state index contributed by atoms with van der Waals surface area (Å²) in [6.07, 6.45) is 7.91. The lowest BCUT2D eigenvalue weighted by atomic mass is 10.0. The zero-order valence-corrected chi connectivity index (χ0v) is 21.2. The number of fused-ring (bicyclic) bond motifs is 1. The summed E-state index contributed by atoms with van der Waals surface area (Å²) in [6, 6.07) is 7.75. The summed E-state index contributed by atoms with van der Waals surface area (Å²) in [4.78, 5) is 43.0. The molecule has 0 aliphatic carbocycles. The molecule has 2 aliphatic rings. The van der Waals surface area contributed by atoms with E-state index in [4.69, 9.17) is 4.42 Å². The van der Waals surface area contributed by atoms with Crippen LogP contribution < -0.4 is 5.32 Å². The van der Waals surface area contributed by atoms with Crippen LogP contribution in [0.4, 0.5) is 10.8 Å². The molecule has 2 aliphatic heterocycles. The normalized spacial score (nSPS) is 19.4. The smallest absolute Gasteiger partial charge is 0.242 e. The number of anilines is 1. The van der Waals surface area contributed by atoms with Gasteiger partial charge in [-0.3, -0.25) is 9.59 Å². The minimum absolute atomic E-state index is 0.0380. The Balaban J connectivity index is 1.33. The predicted octanol–water partition coefficient (Wildman–Crippen LogP) is 4.62. The van der Waals surface area contributed by atoms with Crippen molar-refractivity contribution < 1.29 is 14.0 Å². The molecule has 2 fully saturated rings. The number of carbonyl (C=O) groups excluding carboxylic acids is 2. The maximum atomic E-state index is 13.3. The molecule has 9 nitrogen and oxygen atoms in total. The fourth-order valence-electron chi connectivity index (χ4n) is 4.65. The van der Waals surface area contributed by atoms with Crippen LogP contribution in [0.2, 0.25) is 0 Å². The summed E-state index contributed by atoms with van der Waals surface area (Å²) in [7, 11) is 0. The molecule has 2 amide bonds. The number of rotatable bonds is 5. The lowest BCUT2D eigenvalue weighted by molar-refractivity contribution is -0.140. The van der Waals surface area contributed by atoms with Gasteiger partial charge in [-0.1, -0.05) is 6.42 Å². The number of guanidine groups is 1. The Morgan fingerprint density at radius 2 is 2.06 bits per heavy atom. The molecule has 5 rings (SSSR count). The van der Waals surface area contributed by atoms with Crippen molar-refractivity contribution in [3.63, 3.8) is 0 Å². The van der Waals surface area contributed by atoms with Crippen molar-refractivity contribution in [1.82, 2.24) is 14.8 Å². The van der Waals surface area contributed by atoms with E-state index >= 15 is 0 Å². The number of nitrogens with zero attached hydrogens (tertiary/aromatic N) is 5. The first-order valence-corrected chi connectivity index (χ1v) is 13.3. The van der Waals surface area contributed by atoms with Gasteiger partial charge in [0.15, 0.2) is 0 Å². The number of carbonyl (C=O) groups is 2. The molecular formula is C26H30N6O3S. The Hall–Kier alpha value is -3.53. The van der Waals surface area contributed by atoms with Gasteiger partial charge in [0.2, 0.25) is 22.9 Å². The molecule has 0 spiro atoms. The number of nitrogens with one attached hydrogen (secondary N) is 1. The third-order valence-corrected chi connectivity index (χ3v) is 7.17. The molecule has 2 saturated heterocycles. The number of hydrogen-bond donors (Lipinski definition) is 1. The number of thiazole rings is 1. The van der Waals surface area contributed by atoms with Gasteiger partial charge in [0.05, 0.1) is 12.5 Å². The fraction of sp³-hybridized carbons (Fsp3) is 0.423. The molecule has 36 heavy (non-hydrogen) atoms. The topological polar surface area (TPSA) is 103 Å². The maximum absolute atomic E-state index is 13.3. The van der Waals surface area contributed by atoms with Gasteiger partial charge >= 0.3 is 0 Å². The van der Waals surface area contributed by atoms with Crippen LogP contribution in [-0.4, -0.2) is 65.0 Å². The highest BCUT2D eigenvalue weighted by atomic mass is 32.1. The van der Waals surface area contributed by atoms with E-state index in [-0.39, 0.29) is 18.4 Å². The summed E-state index contributed by atoms with van der Waals surface area (Å²) in [5.74, 6) is 0.780. The van der Waals surface area contributed by atoms with Crippen LogP contribution in [0.5, 0.6) is 0 Å². The van der Waals surface area contributed by atoms with Crippen molar-refractivity contribution in [2.75, 3.05) is 31.5 Å². The van der Waals surface area contributed by atoms with Crippen molar-refractivity contribution >= 4 is 57.1 Å². The molecule has 3 aromatic rings. The molecular weight excluding hydrogens is 476 g/mol. The van der Waals surface area contributed by atoms with E-state index in [1.807, 2.05) is 41.5 Å². The molecule has 1 N–H and O–H groups in total. The highest BCUT2D eigenvalue weighted by Gasteiger charge is 2.29. The first-order chi connectivity index (χ1) is 17.5. The molecule has 1 aromatic carbocycles. The maximum Gasteiger partial charge on any atom is 0.242 e. The Labute approximate surface area is 213 Å². The first kappa shape index (κ1) is 24.2. The number of benzene rings is 1. The molecule has 188 valence electrons. The van der Waals surface area contributed by atoms with E-state index in [9.17, 15) is 9.59 Å². The largest absolute Gasteiger partial charge is 0.461 e. The number of hydrogen-bond acceptors (Lipinski definition) is 6. The average Bonchev–Trinajstić information content (AvgIpc) is 3.62. The van der Waals surface area contributed by atoms with E-state index < -0.39 is 5.92 Å². The van der Waals surface area contributed by atoms with Gasteiger partial charge in [-0.2, -0.15) is 4.99 Å². The van der Waals surface area contributed by atoms with E-state index in [0.29, 0.717) is 24.1 Å². The Morgan fingerprint density at radius 1 is 1.22 bits per heavy atom. The summed E-state index contributed by atoms with van der Waals surface area (Å²) in [6.45, 7) is 4.24. The quantitative estimate of drug-likeness (QED) is 0.402. The highest BCUT2D eigenvalue weighted by molar-refractivity contribution is 7.13. The summed E-state index contributed by atoms with van der Waals surface area (Å²) >= 11 is 1.41. The van der Waals surface area contributed by atoms with Crippen LogP contribution in [0.3, 0.4) is 0 Å². The van der Waals surface area contributed by atoms with Crippen LogP contribution in [0.1, 0.15) is 37.9 Å². The van der Waals surface area contributed by atoms with Crippen molar-refractivity contribution in [1.29, 1.82) is 0 Å². The zero-order valence-electron chi connectivity index (χ0n) is 20.4. The second kappa shape index (κ2) is 11.0. The minimum Gasteiger partial charge on any atom is -0.461 e. The molecule has 0 radical (unpaired) electrons. The average molecular weight is 507 g/mol. The lowest BCUT2D eigenvalue weighted by Gasteiger charge is -2.25. The van der Waals surface area contributed by atoms with Gasteiger partial charge < -0.3 is 19.5 Å². The van der Waals surface area contributed by atoms with Gasteiger partial charge in [-0.25, -0.2) is 9.98 Å². The number of furan rings is 1. The van der Waals surface area contributed by atoms with Crippen LogP contribution in [0.25, 0.3) is 11.0 Å². The minimum atomic E-state index is -0.402. The zero-order chi connectivity index (χ0) is 24.9. The summed E-state index contributed by atoms with van der Waals surface area (Å²) < 4.78 is 5.67. The molecule has 10 heteroatoms. The van der Waals surface area contributed by atoms with Crippen molar-refractivity contribution in [3.05, 3.63) is 41.6 Å². The van der Waals surface area contributed by atoms with Crippen LogP contribution in [0.15, 0.2) is 50.2 Å². The monoisotopic (exact) mass is 506 g/mol. The third-order valence-electron chi connectivity index (χ3n) is 6.50. The Bertz CT molecular complexity index is 1280. The summed E-state index contributed by atoms with van der Waals surface area (Å²) in [5.41, 5.74) is 1.62. The molecule has 0 bridgehead atoms. The van der Waals surface area contributed by atoms with E-state index in [1.165, 1.54) is 11.3 Å². The second-order valence-electron chi connectivity index (χ2n) is 9.21. The molecule has 4 heterocycles. The van der Waals surface area contributed by atoms with Gasteiger partial charge in [0.1, 0.15) is 11.3 Å². The Kier molecular flexibility index (Phi) is 7.41. The molecule has 1 atom stereocenters. The highest BCUT2D eigenvalue weighted by Crippen LogP contribution is 2.24. The first-order valence-electron chi connectivity index (χ1n) is 12.4. The third kappa shape index (κ3) is 5.81. The molecule has 2 aromatic heterocycles. The number of amides is 2. The number of aryl methyl sites for hydroxylation is 1. The molecule has 0 saturated carbocycles. The molecule has 1 unspecified atom stereocenters. The van der Waals surface area contributed by atoms with Gasteiger partial charge in [-0.15, -0.1) is 11.3 Å². The SMILES string of the molecule is Cc1cc2cc(NC(=Nc3nccs3)/N=C\C3CCCCN(CC(=O)N4CCCC4)C3=O)ccc2o1. The van der Waals surface area contributed by atoms with E-state index in [0.717, 1.165) is 61.2 Å². The number of aromatic nitrogens is 1. The number of likely N-dealkylation sites (tertiary alicyclic amines) is 2. The van der Waals surface area contributed by atoms with E-state index in [1.54, 1.807) is 17.3 Å². The van der Waals surface area contributed by atoms with Gasteiger partial charge in [0, 0.05) is 48.5 Å². The Morgan fingerprint density at radius 3 is 2.86 bits per heavy atom. The van der Waals surface area contributed by atoms with E-state index in [2.05, 4.69) is 20.3 Å². The van der Waals surface area contributed by atoms with Gasteiger partial charge in [-0.05, 0) is 56.9 Å².